The molecule has 0 aromatic carbocycles. The van der Waals surface area contributed by atoms with Crippen molar-refractivity contribution in [2.75, 3.05) is 39.8 Å². The fourth-order valence-electron chi connectivity index (χ4n) is 4.77. The zero-order valence-electron chi connectivity index (χ0n) is 21.5. The normalized spacial score (nSPS) is 27.2. The van der Waals surface area contributed by atoms with Crippen molar-refractivity contribution in [3.05, 3.63) is 0 Å². The highest BCUT2D eigenvalue weighted by Gasteiger charge is 2.30. The smallest absolute Gasteiger partial charge is 0.243 e. The third-order valence-corrected chi connectivity index (χ3v) is 6.69. The van der Waals surface area contributed by atoms with Crippen molar-refractivity contribution in [2.24, 2.45) is 5.92 Å². The number of carbonyl (C=O) groups excluding carboxylic acids is 5. The second-order valence-electron chi connectivity index (χ2n) is 9.76. The van der Waals surface area contributed by atoms with E-state index in [2.05, 4.69) is 21.3 Å². The van der Waals surface area contributed by atoms with E-state index in [1.807, 2.05) is 13.8 Å². The molecule has 35 heavy (non-hydrogen) atoms. The van der Waals surface area contributed by atoms with Crippen LogP contribution in [0.4, 0.5) is 0 Å². The van der Waals surface area contributed by atoms with Crippen molar-refractivity contribution < 1.29 is 24.0 Å². The quantitative estimate of drug-likeness (QED) is 0.410. The summed E-state index contributed by atoms with van der Waals surface area (Å²) in [6, 6.07) is -1.48. The zero-order chi connectivity index (χ0) is 26.0. The maximum atomic E-state index is 13.1. The zero-order valence-corrected chi connectivity index (χ0v) is 21.5. The molecule has 0 spiro atoms. The number of amides is 5. The largest absolute Gasteiger partial charge is 0.346 e. The third kappa shape index (κ3) is 9.12. The number of rotatable bonds is 4. The van der Waals surface area contributed by atoms with Gasteiger partial charge < -0.3 is 31.1 Å². The van der Waals surface area contributed by atoms with Crippen LogP contribution in [0.5, 0.6) is 0 Å². The first-order chi connectivity index (χ1) is 16.6. The van der Waals surface area contributed by atoms with Crippen LogP contribution in [0.1, 0.15) is 59.3 Å². The second kappa shape index (κ2) is 14.0. The summed E-state index contributed by atoms with van der Waals surface area (Å²) in [7, 11) is 1.59. The van der Waals surface area contributed by atoms with Gasteiger partial charge in [0.15, 0.2) is 0 Å². The molecule has 5 amide bonds. The molecule has 11 heteroatoms. The molecular weight excluding hydrogens is 452 g/mol. The summed E-state index contributed by atoms with van der Waals surface area (Å²) in [6.45, 7) is 5.81. The van der Waals surface area contributed by atoms with Gasteiger partial charge in [-0.05, 0) is 39.0 Å². The molecule has 2 rings (SSSR count). The topological polar surface area (TPSA) is 140 Å². The molecule has 11 nitrogen and oxygen atoms in total. The number of nitrogens with one attached hydrogen (secondary N) is 4. The van der Waals surface area contributed by atoms with Gasteiger partial charge >= 0.3 is 0 Å². The van der Waals surface area contributed by atoms with Crippen molar-refractivity contribution >= 4 is 29.5 Å². The molecule has 3 unspecified atom stereocenters. The minimum absolute atomic E-state index is 0.166. The summed E-state index contributed by atoms with van der Waals surface area (Å²) >= 11 is 0. The summed E-state index contributed by atoms with van der Waals surface area (Å²) in [4.78, 5) is 66.3. The van der Waals surface area contributed by atoms with Crippen LogP contribution in [0.25, 0.3) is 0 Å². The highest BCUT2D eigenvalue weighted by molar-refractivity contribution is 5.93. The fourth-order valence-corrected chi connectivity index (χ4v) is 4.77. The van der Waals surface area contributed by atoms with Gasteiger partial charge in [0.2, 0.25) is 29.5 Å². The lowest BCUT2D eigenvalue weighted by Crippen LogP contribution is -2.56. The Hall–Kier alpha value is -2.69. The minimum Gasteiger partial charge on any atom is -0.346 e. The molecule has 0 bridgehead atoms. The lowest BCUT2D eigenvalue weighted by atomic mass is 10.1. The highest BCUT2D eigenvalue weighted by Crippen LogP contribution is 2.25. The summed E-state index contributed by atoms with van der Waals surface area (Å²) in [5.74, 6) is -1.44. The second-order valence-corrected chi connectivity index (χ2v) is 9.76. The summed E-state index contributed by atoms with van der Waals surface area (Å²) < 4.78 is 0. The summed E-state index contributed by atoms with van der Waals surface area (Å²) in [5.41, 5.74) is 0. The molecule has 1 saturated carbocycles. The molecule has 2 fully saturated rings. The maximum absolute atomic E-state index is 13.1. The van der Waals surface area contributed by atoms with Gasteiger partial charge in [-0.15, -0.1) is 0 Å². The molecule has 2 aliphatic rings. The van der Waals surface area contributed by atoms with E-state index in [0.717, 1.165) is 25.7 Å². The predicted octanol–water partition coefficient (Wildman–Crippen LogP) is -0.639. The van der Waals surface area contributed by atoms with E-state index in [9.17, 15) is 24.0 Å². The highest BCUT2D eigenvalue weighted by atomic mass is 16.2. The Morgan fingerprint density at radius 3 is 2.11 bits per heavy atom. The van der Waals surface area contributed by atoms with Crippen LogP contribution in [0.15, 0.2) is 0 Å². The summed E-state index contributed by atoms with van der Waals surface area (Å²) in [5, 5.41) is 10.8. The Kier molecular flexibility index (Phi) is 11.4. The summed E-state index contributed by atoms with van der Waals surface area (Å²) in [6.07, 6.45) is 5.58. The molecule has 3 atom stereocenters. The first-order valence-corrected chi connectivity index (χ1v) is 12.7. The number of carbonyl (C=O) groups is 5. The molecule has 0 aromatic heterocycles. The van der Waals surface area contributed by atoms with E-state index in [0.29, 0.717) is 31.8 Å². The number of nitrogens with zero attached hydrogens (tertiary/aromatic N) is 2. The van der Waals surface area contributed by atoms with E-state index in [1.165, 1.54) is 4.90 Å². The molecule has 1 saturated heterocycles. The van der Waals surface area contributed by atoms with Gasteiger partial charge in [0, 0.05) is 26.2 Å². The molecule has 1 aliphatic carbocycles. The first-order valence-electron chi connectivity index (χ1n) is 12.7. The van der Waals surface area contributed by atoms with E-state index in [4.69, 9.17) is 0 Å². The molecule has 1 aliphatic heterocycles. The average molecular weight is 495 g/mol. The molecular formula is C24H42N6O5. The van der Waals surface area contributed by atoms with E-state index in [-0.39, 0.29) is 37.5 Å². The van der Waals surface area contributed by atoms with Crippen LogP contribution in [-0.4, -0.2) is 97.2 Å². The van der Waals surface area contributed by atoms with Gasteiger partial charge in [-0.3, -0.25) is 24.0 Å². The van der Waals surface area contributed by atoms with Gasteiger partial charge in [0.25, 0.3) is 0 Å². The lowest BCUT2D eigenvalue weighted by molar-refractivity contribution is -0.141. The number of hydrogen-bond donors (Lipinski definition) is 4. The van der Waals surface area contributed by atoms with E-state index < -0.39 is 29.8 Å². The van der Waals surface area contributed by atoms with Crippen LogP contribution < -0.4 is 21.3 Å². The predicted molar refractivity (Wildman–Crippen MR) is 131 cm³/mol. The van der Waals surface area contributed by atoms with Crippen molar-refractivity contribution in [2.45, 2.75) is 77.4 Å². The number of likely N-dealkylation sites (N-methyl/N-ethyl adjacent to an activating group) is 1. The SMILES string of the molecule is CCCC1C(=O)NCC(=O)NCC(=O)NCC(=O)N(CC2CCCC2)CC(C)NC(C)C(=O)N1C. The molecule has 0 radical (unpaired) electrons. The van der Waals surface area contributed by atoms with Crippen molar-refractivity contribution in [1.29, 1.82) is 0 Å². The Morgan fingerprint density at radius 1 is 0.886 bits per heavy atom. The van der Waals surface area contributed by atoms with Crippen LogP contribution in [0.2, 0.25) is 0 Å². The van der Waals surface area contributed by atoms with E-state index in [1.54, 1.807) is 18.9 Å². The van der Waals surface area contributed by atoms with Crippen molar-refractivity contribution in [3.8, 4) is 0 Å². The van der Waals surface area contributed by atoms with Crippen LogP contribution in [0, 0.1) is 5.92 Å². The Labute approximate surface area is 208 Å². The Bertz CT molecular complexity index is 770. The molecule has 0 aromatic rings. The average Bonchev–Trinajstić information content (AvgIpc) is 3.34. The fraction of sp³-hybridized carbons (Fsp3) is 0.792. The van der Waals surface area contributed by atoms with Gasteiger partial charge in [0.1, 0.15) is 6.04 Å². The van der Waals surface area contributed by atoms with Crippen molar-refractivity contribution in [1.82, 2.24) is 31.1 Å². The molecule has 1 heterocycles. The van der Waals surface area contributed by atoms with Gasteiger partial charge in [0.05, 0.1) is 25.7 Å². The Morgan fingerprint density at radius 2 is 1.49 bits per heavy atom. The lowest BCUT2D eigenvalue weighted by Gasteiger charge is -2.33. The van der Waals surface area contributed by atoms with Crippen LogP contribution >= 0.6 is 0 Å². The van der Waals surface area contributed by atoms with Crippen LogP contribution in [-0.2, 0) is 24.0 Å². The van der Waals surface area contributed by atoms with Crippen molar-refractivity contribution in [3.63, 3.8) is 0 Å². The standard InChI is InChI=1S/C24H42N6O5/c1-5-8-19-23(34)27-12-21(32)25-11-20(31)26-13-22(33)30(15-18-9-6-7-10-18)14-16(2)28-17(3)24(35)29(19)4/h16-19,28H,5-15H2,1-4H3,(H,25,32)(H,26,31)(H,27,34). The van der Waals surface area contributed by atoms with E-state index >= 15 is 0 Å². The molecule has 4 N–H and O–H groups in total. The van der Waals surface area contributed by atoms with Gasteiger partial charge in [-0.2, -0.15) is 0 Å². The van der Waals surface area contributed by atoms with Crippen LogP contribution in [0.3, 0.4) is 0 Å². The molecule has 198 valence electrons. The maximum Gasteiger partial charge on any atom is 0.243 e. The van der Waals surface area contributed by atoms with Gasteiger partial charge in [-0.25, -0.2) is 0 Å². The number of hydrogen-bond acceptors (Lipinski definition) is 6. The first kappa shape index (κ1) is 28.5. The van der Waals surface area contributed by atoms with Gasteiger partial charge in [-0.1, -0.05) is 26.2 Å². The third-order valence-electron chi connectivity index (χ3n) is 6.69. The monoisotopic (exact) mass is 494 g/mol. The minimum atomic E-state index is -0.720. The Balaban J connectivity index is 2.19.